The van der Waals surface area contributed by atoms with Gasteiger partial charge in [-0.25, -0.2) is 24.4 Å². The third kappa shape index (κ3) is 2.63. The zero-order chi connectivity index (χ0) is 18.5. The molecular formula is C18H25N5O2. The third-order valence-electron chi connectivity index (χ3n) is 4.26. The fraction of sp³-hybridized carbons (Fsp3) is 0.500. The number of fused-ring (bicyclic) bond motifs is 3. The molecule has 2 aliphatic rings. The molecule has 0 aromatic heterocycles. The number of aliphatic imine (C=N–C) groups is 1. The molecular weight excluding hydrogens is 318 g/mol. The Kier molecular flexibility index (Phi) is 3.97. The van der Waals surface area contributed by atoms with Gasteiger partial charge in [-0.15, -0.1) is 0 Å². The summed E-state index contributed by atoms with van der Waals surface area (Å²) in [6.45, 7) is 11.5. The summed E-state index contributed by atoms with van der Waals surface area (Å²) in [6.07, 6.45) is 0. The van der Waals surface area contributed by atoms with Crippen molar-refractivity contribution < 1.29 is 9.59 Å². The first-order valence-corrected chi connectivity index (χ1v) is 8.58. The second-order valence-electron chi connectivity index (χ2n) is 7.42. The smallest absolute Gasteiger partial charge is 0.333 e. The van der Waals surface area contributed by atoms with Gasteiger partial charge in [0.15, 0.2) is 0 Å². The van der Waals surface area contributed by atoms with Gasteiger partial charge in [-0.3, -0.25) is 4.90 Å². The number of nitrogens with one attached hydrogen (secondary N) is 1. The van der Waals surface area contributed by atoms with Gasteiger partial charge < -0.3 is 5.32 Å². The first-order valence-electron chi connectivity index (χ1n) is 8.58. The van der Waals surface area contributed by atoms with Crippen molar-refractivity contribution in [3.05, 3.63) is 24.3 Å². The van der Waals surface area contributed by atoms with Gasteiger partial charge in [-0.2, -0.15) is 0 Å². The van der Waals surface area contributed by atoms with Gasteiger partial charge in [-0.1, -0.05) is 12.1 Å². The van der Waals surface area contributed by atoms with Crippen molar-refractivity contribution in [2.24, 2.45) is 4.99 Å². The van der Waals surface area contributed by atoms with E-state index in [9.17, 15) is 9.59 Å². The van der Waals surface area contributed by atoms with Crippen molar-refractivity contribution in [2.75, 3.05) is 9.80 Å². The highest BCUT2D eigenvalue weighted by atomic mass is 16.2. The molecule has 134 valence electrons. The van der Waals surface area contributed by atoms with Gasteiger partial charge in [0.25, 0.3) is 0 Å². The summed E-state index contributed by atoms with van der Waals surface area (Å²) >= 11 is 0. The molecule has 0 unspecified atom stereocenters. The van der Waals surface area contributed by atoms with Crippen molar-refractivity contribution in [3.8, 4) is 0 Å². The summed E-state index contributed by atoms with van der Waals surface area (Å²) in [5.41, 5.74) is 0.593. The minimum Gasteiger partial charge on any atom is -0.335 e. The van der Waals surface area contributed by atoms with Crippen molar-refractivity contribution in [2.45, 2.75) is 59.3 Å². The van der Waals surface area contributed by atoms with Crippen LogP contribution < -0.4 is 15.1 Å². The highest BCUT2D eigenvalue weighted by molar-refractivity contribution is 6.35. The molecule has 3 rings (SSSR count). The maximum Gasteiger partial charge on any atom is 0.333 e. The van der Waals surface area contributed by atoms with E-state index in [4.69, 9.17) is 4.99 Å². The Labute approximate surface area is 148 Å². The minimum absolute atomic E-state index is 0.0153. The molecule has 7 nitrogen and oxygen atoms in total. The lowest BCUT2D eigenvalue weighted by molar-refractivity contribution is 0.118. The van der Waals surface area contributed by atoms with Crippen LogP contribution in [-0.2, 0) is 0 Å². The van der Waals surface area contributed by atoms with E-state index < -0.39 is 5.66 Å². The van der Waals surface area contributed by atoms with Crippen LogP contribution in [0.5, 0.6) is 0 Å². The lowest BCUT2D eigenvalue weighted by atomic mass is 10.1. The number of hydrogen-bond donors (Lipinski definition) is 1. The monoisotopic (exact) mass is 343 g/mol. The average molecular weight is 343 g/mol. The summed E-state index contributed by atoms with van der Waals surface area (Å²) < 4.78 is 0. The van der Waals surface area contributed by atoms with E-state index in [1.54, 1.807) is 4.90 Å². The number of urea groups is 2. The van der Waals surface area contributed by atoms with Gasteiger partial charge >= 0.3 is 12.1 Å². The first kappa shape index (κ1) is 17.3. The van der Waals surface area contributed by atoms with Crippen molar-refractivity contribution >= 4 is 29.4 Å². The minimum atomic E-state index is -0.741. The fourth-order valence-electron chi connectivity index (χ4n) is 3.45. The maximum absolute atomic E-state index is 13.2. The highest BCUT2D eigenvalue weighted by Gasteiger charge is 2.50. The van der Waals surface area contributed by atoms with E-state index in [1.807, 2.05) is 65.8 Å². The van der Waals surface area contributed by atoms with Gasteiger partial charge in [0, 0.05) is 12.1 Å². The molecule has 1 aromatic carbocycles. The molecule has 0 aliphatic carbocycles. The quantitative estimate of drug-likeness (QED) is 0.894. The van der Waals surface area contributed by atoms with Crippen LogP contribution >= 0.6 is 0 Å². The lowest BCUT2D eigenvalue weighted by Crippen LogP contribution is -2.63. The Hall–Kier alpha value is -2.57. The summed E-state index contributed by atoms with van der Waals surface area (Å²) in [4.78, 5) is 35.5. The van der Waals surface area contributed by atoms with Crippen LogP contribution in [0.15, 0.2) is 29.3 Å². The first-order chi connectivity index (χ1) is 11.6. The summed E-state index contributed by atoms with van der Waals surface area (Å²) in [5.74, 6) is 0.353. The molecule has 2 aliphatic heterocycles. The fourth-order valence-corrected chi connectivity index (χ4v) is 3.45. The summed E-state index contributed by atoms with van der Waals surface area (Å²) in [7, 11) is 0. The predicted octanol–water partition coefficient (Wildman–Crippen LogP) is 3.37. The molecule has 1 aromatic rings. The van der Waals surface area contributed by atoms with Gasteiger partial charge in [0.05, 0.1) is 11.4 Å². The highest BCUT2D eigenvalue weighted by Crippen LogP contribution is 2.42. The summed E-state index contributed by atoms with van der Waals surface area (Å²) in [5, 5.41) is 2.89. The molecule has 4 amide bonds. The van der Waals surface area contributed by atoms with Crippen LogP contribution in [0.25, 0.3) is 0 Å². The van der Waals surface area contributed by atoms with Crippen LogP contribution in [0.1, 0.15) is 41.5 Å². The number of anilines is 2. The predicted molar refractivity (Wildman–Crippen MR) is 99.0 cm³/mol. The number of rotatable bonds is 2. The van der Waals surface area contributed by atoms with Gasteiger partial charge in [0.2, 0.25) is 5.96 Å². The molecule has 25 heavy (non-hydrogen) atoms. The van der Waals surface area contributed by atoms with Crippen molar-refractivity contribution in [1.29, 1.82) is 0 Å². The van der Waals surface area contributed by atoms with Gasteiger partial charge in [-0.05, 0) is 53.7 Å². The van der Waals surface area contributed by atoms with Crippen LogP contribution in [0.3, 0.4) is 0 Å². The molecule has 0 bridgehead atoms. The van der Waals surface area contributed by atoms with Crippen molar-refractivity contribution in [3.63, 3.8) is 0 Å². The number of para-hydroxylation sites is 2. The number of benzene rings is 1. The van der Waals surface area contributed by atoms with E-state index >= 15 is 0 Å². The van der Waals surface area contributed by atoms with E-state index in [2.05, 4.69) is 5.32 Å². The Morgan fingerprint density at radius 3 is 2.28 bits per heavy atom. The van der Waals surface area contributed by atoms with Crippen LogP contribution in [0.4, 0.5) is 21.0 Å². The topological polar surface area (TPSA) is 68.2 Å². The number of nitrogens with zero attached hydrogens (tertiary/aromatic N) is 4. The molecule has 0 saturated carbocycles. The standard InChI is InChI=1S/C18H25N5O2/c1-11(2)19-16(24)21-13-9-7-8-10-14(13)22-15(21)20-18(5,6)23(12(3)4)17(22)25/h7-12H,1-6H3,(H,19,24). The normalized spacial score (nSPS) is 18.5. The van der Waals surface area contributed by atoms with E-state index in [0.717, 1.165) is 0 Å². The average Bonchev–Trinajstić information content (AvgIpc) is 2.78. The third-order valence-corrected chi connectivity index (χ3v) is 4.26. The number of guanidine groups is 1. The maximum atomic E-state index is 13.2. The Morgan fingerprint density at radius 1 is 1.12 bits per heavy atom. The number of carbonyl (C=O) groups excluding carboxylic acids is 2. The molecule has 0 saturated heterocycles. The number of carbonyl (C=O) groups is 2. The second-order valence-corrected chi connectivity index (χ2v) is 7.42. The van der Waals surface area contributed by atoms with E-state index in [-0.39, 0.29) is 24.1 Å². The zero-order valence-corrected chi connectivity index (χ0v) is 15.6. The number of amides is 4. The van der Waals surface area contributed by atoms with E-state index in [0.29, 0.717) is 17.3 Å². The Balaban J connectivity index is 2.17. The Morgan fingerprint density at radius 2 is 1.72 bits per heavy atom. The largest absolute Gasteiger partial charge is 0.335 e. The SMILES string of the molecule is CC(C)NC(=O)N1C2=NC(C)(C)N(C(C)C)C(=O)N2c2ccccc21. The molecule has 0 radical (unpaired) electrons. The molecule has 0 fully saturated rings. The molecule has 7 heteroatoms. The summed E-state index contributed by atoms with van der Waals surface area (Å²) in [6, 6.07) is 6.88. The number of hydrogen-bond acceptors (Lipinski definition) is 3. The van der Waals surface area contributed by atoms with Gasteiger partial charge in [0.1, 0.15) is 5.66 Å². The molecule has 1 N–H and O–H groups in total. The molecule has 0 spiro atoms. The van der Waals surface area contributed by atoms with Crippen LogP contribution in [0, 0.1) is 0 Å². The second kappa shape index (κ2) is 5.75. The van der Waals surface area contributed by atoms with Crippen LogP contribution in [0.2, 0.25) is 0 Å². The lowest BCUT2D eigenvalue weighted by Gasteiger charge is -2.44. The Bertz CT molecular complexity index is 739. The molecule has 2 heterocycles. The zero-order valence-electron chi connectivity index (χ0n) is 15.6. The molecule has 0 atom stereocenters. The van der Waals surface area contributed by atoms with Crippen LogP contribution in [-0.4, -0.2) is 40.7 Å². The van der Waals surface area contributed by atoms with E-state index in [1.165, 1.54) is 9.80 Å². The van der Waals surface area contributed by atoms with Crippen molar-refractivity contribution in [1.82, 2.24) is 10.2 Å².